The summed E-state index contributed by atoms with van der Waals surface area (Å²) in [6.07, 6.45) is 0.471. The molecule has 0 fully saturated rings. The van der Waals surface area contributed by atoms with Gasteiger partial charge in [-0.25, -0.2) is 8.42 Å². The van der Waals surface area contributed by atoms with Gasteiger partial charge in [-0.05, 0) is 25.8 Å². The standard InChI is InChI=1S/C17H25N3O5S2/c1-11(2)27(23,24)19-6-5-12-13(9-19)26-17-15(12)16(22)18(3)10-14(21)20(17)7-8-25-4/h11H,5-10H2,1-4H3. The highest BCUT2D eigenvalue weighted by Crippen LogP contribution is 2.41. The molecule has 0 atom stereocenters. The maximum Gasteiger partial charge on any atom is 0.257 e. The molecule has 0 radical (unpaired) electrons. The van der Waals surface area contributed by atoms with Crippen molar-refractivity contribution in [3.63, 3.8) is 0 Å². The molecule has 27 heavy (non-hydrogen) atoms. The molecule has 8 nitrogen and oxygen atoms in total. The lowest BCUT2D eigenvalue weighted by Crippen LogP contribution is -2.40. The van der Waals surface area contributed by atoms with Gasteiger partial charge in [-0.1, -0.05) is 0 Å². The van der Waals surface area contributed by atoms with Crippen LogP contribution in [0.3, 0.4) is 0 Å². The van der Waals surface area contributed by atoms with E-state index in [0.29, 0.717) is 36.7 Å². The second kappa shape index (κ2) is 7.50. The molecule has 3 rings (SSSR count). The minimum atomic E-state index is -3.37. The summed E-state index contributed by atoms with van der Waals surface area (Å²) in [7, 11) is -0.189. The highest BCUT2D eigenvalue weighted by molar-refractivity contribution is 7.89. The summed E-state index contributed by atoms with van der Waals surface area (Å²) in [6.45, 7) is 4.66. The molecule has 0 aliphatic carbocycles. The Kier molecular flexibility index (Phi) is 5.62. The number of rotatable bonds is 5. The average molecular weight is 416 g/mol. The number of hydrogen-bond acceptors (Lipinski definition) is 6. The molecule has 0 bridgehead atoms. The van der Waals surface area contributed by atoms with Crippen molar-refractivity contribution in [2.45, 2.75) is 32.1 Å². The van der Waals surface area contributed by atoms with Gasteiger partial charge in [0.05, 0.1) is 24.0 Å². The molecule has 1 aromatic heterocycles. The zero-order chi connectivity index (χ0) is 19.9. The second-order valence-electron chi connectivity index (χ2n) is 7.06. The molecule has 2 amide bonds. The Morgan fingerprint density at radius 2 is 1.93 bits per heavy atom. The molecule has 1 aromatic rings. The number of carbonyl (C=O) groups excluding carboxylic acids is 2. The number of likely N-dealkylation sites (N-methyl/N-ethyl adjacent to an activating group) is 1. The normalized spacial score (nSPS) is 18.7. The van der Waals surface area contributed by atoms with Gasteiger partial charge >= 0.3 is 0 Å². The number of hydrogen-bond donors (Lipinski definition) is 0. The van der Waals surface area contributed by atoms with E-state index >= 15 is 0 Å². The number of amides is 2. The smallest absolute Gasteiger partial charge is 0.257 e. The van der Waals surface area contributed by atoms with Crippen molar-refractivity contribution in [3.8, 4) is 0 Å². The molecule has 0 unspecified atom stereocenters. The van der Waals surface area contributed by atoms with Crippen LogP contribution in [0.15, 0.2) is 0 Å². The summed E-state index contributed by atoms with van der Waals surface area (Å²) in [6, 6.07) is 0. The van der Waals surface area contributed by atoms with E-state index in [9.17, 15) is 18.0 Å². The predicted octanol–water partition coefficient (Wildman–Crippen LogP) is 0.909. The Morgan fingerprint density at radius 3 is 2.56 bits per heavy atom. The maximum absolute atomic E-state index is 12.9. The van der Waals surface area contributed by atoms with Crippen LogP contribution < -0.4 is 4.90 Å². The van der Waals surface area contributed by atoms with Crippen molar-refractivity contribution < 1.29 is 22.7 Å². The zero-order valence-corrected chi connectivity index (χ0v) is 17.7. The number of methoxy groups -OCH3 is 1. The molecule has 10 heteroatoms. The third kappa shape index (κ3) is 3.51. The number of fused-ring (bicyclic) bond motifs is 3. The highest BCUT2D eigenvalue weighted by atomic mass is 32.2. The summed E-state index contributed by atoms with van der Waals surface area (Å²) in [5.74, 6) is -0.345. The van der Waals surface area contributed by atoms with Crippen molar-refractivity contribution in [2.24, 2.45) is 0 Å². The lowest BCUT2D eigenvalue weighted by atomic mass is 10.0. The minimum Gasteiger partial charge on any atom is -0.383 e. The quantitative estimate of drug-likeness (QED) is 0.713. The number of thiophene rings is 1. The van der Waals surface area contributed by atoms with E-state index in [4.69, 9.17) is 4.74 Å². The molecule has 150 valence electrons. The summed E-state index contributed by atoms with van der Waals surface area (Å²) in [5.41, 5.74) is 1.42. The Hall–Kier alpha value is -1.49. The topological polar surface area (TPSA) is 87.2 Å². The lowest BCUT2D eigenvalue weighted by molar-refractivity contribution is -0.119. The molecule has 0 N–H and O–H groups in total. The van der Waals surface area contributed by atoms with Crippen LogP contribution in [0.5, 0.6) is 0 Å². The van der Waals surface area contributed by atoms with Crippen LogP contribution in [-0.2, 0) is 32.5 Å². The lowest BCUT2D eigenvalue weighted by Gasteiger charge is -2.28. The fourth-order valence-electron chi connectivity index (χ4n) is 3.36. The van der Waals surface area contributed by atoms with Gasteiger partial charge in [-0.15, -0.1) is 11.3 Å². The van der Waals surface area contributed by atoms with E-state index in [1.165, 1.54) is 20.5 Å². The number of ether oxygens (including phenoxy) is 1. The fourth-order valence-corrected chi connectivity index (χ4v) is 6.09. The SMILES string of the molecule is COCCN1C(=O)CN(C)C(=O)c2c1sc1c2CCN(S(=O)(=O)C(C)C)C1. The van der Waals surface area contributed by atoms with Gasteiger partial charge < -0.3 is 9.64 Å². The number of sulfonamides is 1. The highest BCUT2D eigenvalue weighted by Gasteiger charge is 2.38. The van der Waals surface area contributed by atoms with E-state index in [0.717, 1.165) is 10.4 Å². The first-order valence-electron chi connectivity index (χ1n) is 8.86. The molecule has 2 aliphatic heterocycles. The van der Waals surface area contributed by atoms with Gasteiger partial charge in [0, 0.05) is 32.1 Å². The van der Waals surface area contributed by atoms with Crippen molar-refractivity contribution in [2.75, 3.05) is 45.3 Å². The van der Waals surface area contributed by atoms with Crippen molar-refractivity contribution in [1.29, 1.82) is 0 Å². The van der Waals surface area contributed by atoms with Gasteiger partial charge in [0.15, 0.2) is 0 Å². The Morgan fingerprint density at radius 1 is 1.22 bits per heavy atom. The third-order valence-electron chi connectivity index (χ3n) is 4.96. The van der Waals surface area contributed by atoms with Gasteiger partial charge in [0.2, 0.25) is 15.9 Å². The van der Waals surface area contributed by atoms with Gasteiger partial charge in [0.1, 0.15) is 11.5 Å². The molecule has 3 heterocycles. The largest absolute Gasteiger partial charge is 0.383 e. The van der Waals surface area contributed by atoms with Crippen molar-refractivity contribution >= 4 is 38.2 Å². The van der Waals surface area contributed by atoms with Gasteiger partial charge in [-0.3, -0.25) is 14.5 Å². The molecule has 2 aliphatic rings. The van der Waals surface area contributed by atoms with Crippen LogP contribution in [0.2, 0.25) is 0 Å². The maximum atomic E-state index is 12.9. The van der Waals surface area contributed by atoms with Crippen molar-refractivity contribution in [3.05, 3.63) is 16.0 Å². The first-order chi connectivity index (χ1) is 12.7. The molecule has 0 spiro atoms. The van der Waals surface area contributed by atoms with Crippen molar-refractivity contribution in [1.82, 2.24) is 9.21 Å². The molecule has 0 aromatic carbocycles. The van der Waals surface area contributed by atoms with E-state index < -0.39 is 15.3 Å². The second-order valence-corrected chi connectivity index (χ2v) is 10.6. The van der Waals surface area contributed by atoms with E-state index in [1.54, 1.807) is 32.9 Å². The predicted molar refractivity (Wildman–Crippen MR) is 104 cm³/mol. The van der Waals surface area contributed by atoms with Crippen LogP contribution in [0, 0.1) is 0 Å². The first-order valence-corrected chi connectivity index (χ1v) is 11.2. The number of anilines is 1. The van der Waals surface area contributed by atoms with E-state index in [2.05, 4.69) is 0 Å². The van der Waals surface area contributed by atoms with Crippen LogP contribution >= 0.6 is 11.3 Å². The fraction of sp³-hybridized carbons (Fsp3) is 0.647. The molecular formula is C17H25N3O5S2. The number of nitrogens with zero attached hydrogens (tertiary/aromatic N) is 3. The summed E-state index contributed by atoms with van der Waals surface area (Å²) in [5, 5.41) is 0.115. The van der Waals surface area contributed by atoms with E-state index in [-0.39, 0.29) is 24.9 Å². The molecule has 0 saturated carbocycles. The average Bonchev–Trinajstić information content (AvgIpc) is 2.95. The Bertz CT molecular complexity index is 862. The Labute approximate surface area is 163 Å². The van der Waals surface area contributed by atoms with Gasteiger partial charge in [-0.2, -0.15) is 4.31 Å². The van der Waals surface area contributed by atoms with Crippen LogP contribution in [0.1, 0.15) is 34.6 Å². The van der Waals surface area contributed by atoms with Crippen LogP contribution in [0.25, 0.3) is 0 Å². The minimum absolute atomic E-state index is 0.0204. The summed E-state index contributed by atoms with van der Waals surface area (Å²) >= 11 is 1.35. The monoisotopic (exact) mass is 415 g/mol. The Balaban J connectivity index is 2.04. The summed E-state index contributed by atoms with van der Waals surface area (Å²) in [4.78, 5) is 29.4. The third-order valence-corrected chi connectivity index (χ3v) is 8.42. The first kappa shape index (κ1) is 20.2. The number of carbonyl (C=O) groups is 2. The van der Waals surface area contributed by atoms with Gasteiger partial charge in [0.25, 0.3) is 5.91 Å². The zero-order valence-electron chi connectivity index (χ0n) is 16.0. The molecular weight excluding hydrogens is 390 g/mol. The van der Waals surface area contributed by atoms with Crippen LogP contribution in [0.4, 0.5) is 5.00 Å². The van der Waals surface area contributed by atoms with Crippen LogP contribution in [-0.4, -0.2) is 75.1 Å². The van der Waals surface area contributed by atoms with E-state index in [1.807, 2.05) is 0 Å². The molecule has 0 saturated heterocycles. The summed E-state index contributed by atoms with van der Waals surface area (Å²) < 4.78 is 31.7.